The fourth-order valence-electron chi connectivity index (χ4n) is 13.7. The molecule has 556 valence electrons. The number of aromatic hydroxyl groups is 2. The number of phenols is 2. The number of phenolic OH excluding ortho intramolecular Hbond substituents is 2. The maximum atomic E-state index is 11.1. The van der Waals surface area contributed by atoms with Crippen molar-refractivity contribution in [3.05, 3.63) is 312 Å². The van der Waals surface area contributed by atoms with Crippen LogP contribution in [0.4, 0.5) is 0 Å². The van der Waals surface area contributed by atoms with E-state index in [-0.39, 0.29) is 44.3 Å². The second-order valence-corrected chi connectivity index (χ2v) is 33.1. The van der Waals surface area contributed by atoms with E-state index in [0.29, 0.717) is 10.0 Å². The molecular formula is C94H121Cl2N3O4S. The summed E-state index contributed by atoms with van der Waals surface area (Å²) in [5, 5.41) is 25.1. The Kier molecular flexibility index (Phi) is 34.5. The molecule has 0 amide bonds. The Morgan fingerprint density at radius 2 is 0.702 bits per heavy atom. The minimum absolute atomic E-state index is 0.0378. The Bertz CT molecular complexity index is 4130. The molecule has 0 atom stereocenters. The molecule has 5 N–H and O–H groups in total. The number of H-pyrrole nitrogens is 3. The SMILES string of the molecule is CC1=C(/C=C/C(C)=C/C=C/C(C)=C/c2cc(=O)[nH][nH]2)C(C)(C)CCC1.CC1=C(/C=C/C(C)=C/C=C/C(C)=C/c2cc(=O)[nH]s2)C(C)(C)CCC1.CC1=C(/C=C/C(C)=C/C=C/C(C)=C/c2ccc(O)c(Cl)c2)C(C)(C)CCC1.CC1=C(/C=C/C(C)=C/C=C/C(C)=C/c2ccc(O)c(Cl)c2)C(C)(C)CCC1. The Morgan fingerprint density at radius 1 is 0.394 bits per heavy atom. The first-order valence-electron chi connectivity index (χ1n) is 37.0. The van der Waals surface area contributed by atoms with Gasteiger partial charge in [0.25, 0.3) is 11.1 Å². The van der Waals surface area contributed by atoms with E-state index in [1.807, 2.05) is 62.4 Å². The molecule has 0 unspecified atom stereocenters. The van der Waals surface area contributed by atoms with Crippen molar-refractivity contribution in [2.45, 2.75) is 216 Å². The third kappa shape index (κ3) is 30.1. The average Bonchev–Trinajstić information content (AvgIpc) is 1.44. The minimum Gasteiger partial charge on any atom is -0.506 e. The number of hydrogen-bond acceptors (Lipinski definition) is 5. The van der Waals surface area contributed by atoms with Crippen LogP contribution in [0.25, 0.3) is 24.3 Å². The van der Waals surface area contributed by atoms with Gasteiger partial charge in [-0.3, -0.25) is 24.2 Å². The van der Waals surface area contributed by atoms with Crippen molar-refractivity contribution in [3.63, 3.8) is 0 Å². The molecule has 4 aliphatic carbocycles. The zero-order valence-corrected chi connectivity index (χ0v) is 68.7. The number of hydrogen-bond donors (Lipinski definition) is 5. The molecule has 0 bridgehead atoms. The van der Waals surface area contributed by atoms with Crippen molar-refractivity contribution >= 4 is 59.0 Å². The smallest absolute Gasteiger partial charge is 0.264 e. The van der Waals surface area contributed by atoms with Crippen LogP contribution in [0.5, 0.6) is 11.5 Å². The highest BCUT2D eigenvalue weighted by atomic mass is 35.5. The first-order valence-corrected chi connectivity index (χ1v) is 38.6. The first kappa shape index (κ1) is 86.5. The van der Waals surface area contributed by atoms with Gasteiger partial charge < -0.3 is 10.2 Å². The van der Waals surface area contributed by atoms with Gasteiger partial charge in [-0.05, 0) is 263 Å². The zero-order chi connectivity index (χ0) is 77.0. The second-order valence-electron chi connectivity index (χ2n) is 31.4. The normalized spacial score (nSPS) is 19.1. The molecule has 4 aliphatic rings. The van der Waals surface area contributed by atoms with Crippen LogP contribution in [0.15, 0.2) is 269 Å². The number of allylic oxidation sites excluding steroid dienone is 36. The molecule has 2 aromatic carbocycles. The number of aromatic amines is 3. The minimum atomic E-state index is -0.112. The lowest BCUT2D eigenvalue weighted by molar-refractivity contribution is 0.376. The Balaban J connectivity index is 0.000000249. The lowest BCUT2D eigenvalue weighted by Crippen LogP contribution is -2.19. The second kappa shape index (κ2) is 41.5. The zero-order valence-electron chi connectivity index (χ0n) is 66.3. The van der Waals surface area contributed by atoms with E-state index in [1.54, 1.807) is 36.4 Å². The third-order valence-corrected chi connectivity index (χ3v) is 21.1. The van der Waals surface area contributed by atoms with E-state index >= 15 is 0 Å². The van der Waals surface area contributed by atoms with Crippen molar-refractivity contribution in [3.8, 4) is 11.5 Å². The van der Waals surface area contributed by atoms with Gasteiger partial charge in [0.15, 0.2) is 0 Å². The van der Waals surface area contributed by atoms with Crippen LogP contribution >= 0.6 is 34.7 Å². The number of rotatable bonds is 20. The average molecular weight is 1460 g/mol. The van der Waals surface area contributed by atoms with Gasteiger partial charge in [0.05, 0.1) is 15.7 Å². The van der Waals surface area contributed by atoms with E-state index in [2.05, 4.69) is 249 Å². The molecule has 0 fully saturated rings. The van der Waals surface area contributed by atoms with E-state index in [1.165, 1.54) is 155 Å². The van der Waals surface area contributed by atoms with Crippen LogP contribution in [0.1, 0.15) is 237 Å². The summed E-state index contributed by atoms with van der Waals surface area (Å²) >= 11 is 13.3. The quantitative estimate of drug-likeness (QED) is 0.0566. The summed E-state index contributed by atoms with van der Waals surface area (Å²) < 4.78 is 2.70. The molecule has 4 aromatic rings. The van der Waals surface area contributed by atoms with Crippen LogP contribution in [0, 0.1) is 21.7 Å². The maximum Gasteiger partial charge on any atom is 0.264 e. The predicted molar refractivity (Wildman–Crippen MR) is 457 cm³/mol. The van der Waals surface area contributed by atoms with Crippen molar-refractivity contribution in [1.29, 1.82) is 0 Å². The monoisotopic (exact) mass is 1460 g/mol. The molecule has 10 heteroatoms. The van der Waals surface area contributed by atoms with Crippen molar-refractivity contribution < 1.29 is 10.2 Å². The van der Waals surface area contributed by atoms with Gasteiger partial charge in [-0.15, -0.1) is 0 Å². The van der Waals surface area contributed by atoms with E-state index in [9.17, 15) is 19.8 Å². The summed E-state index contributed by atoms with van der Waals surface area (Å²) in [6.45, 7) is 44.5. The van der Waals surface area contributed by atoms with E-state index < -0.39 is 0 Å². The van der Waals surface area contributed by atoms with Crippen LogP contribution in [0.2, 0.25) is 10.0 Å². The van der Waals surface area contributed by atoms with Gasteiger partial charge in [-0.25, -0.2) is 0 Å². The van der Waals surface area contributed by atoms with Crippen LogP contribution in [-0.2, 0) is 0 Å². The number of aromatic nitrogens is 3. The molecule has 7 nitrogen and oxygen atoms in total. The fourth-order valence-corrected chi connectivity index (χ4v) is 14.8. The summed E-state index contributed by atoms with van der Waals surface area (Å²) in [6.07, 6.45) is 66.2. The van der Waals surface area contributed by atoms with Crippen molar-refractivity contribution in [2.24, 2.45) is 21.7 Å². The molecule has 0 spiro atoms. The molecular weight excluding hydrogens is 1340 g/mol. The van der Waals surface area contributed by atoms with Crippen LogP contribution < -0.4 is 11.1 Å². The molecule has 0 saturated heterocycles. The molecule has 0 saturated carbocycles. The lowest BCUT2D eigenvalue weighted by atomic mass is 9.72. The maximum absolute atomic E-state index is 11.1. The van der Waals surface area contributed by atoms with Gasteiger partial charge >= 0.3 is 0 Å². The van der Waals surface area contributed by atoms with Gasteiger partial charge in [-0.1, -0.05) is 292 Å². The molecule has 0 aliphatic heterocycles. The number of benzene rings is 2. The number of halogens is 2. The first-order chi connectivity index (χ1) is 48.9. The van der Waals surface area contributed by atoms with Gasteiger partial charge in [-0.2, -0.15) is 0 Å². The summed E-state index contributed by atoms with van der Waals surface area (Å²) in [5.74, 6) is 0.220. The Hall–Kier alpha value is -8.14. The summed E-state index contributed by atoms with van der Waals surface area (Å²) in [4.78, 5) is 23.2. The highest BCUT2D eigenvalue weighted by Crippen LogP contribution is 2.44. The highest BCUT2D eigenvalue weighted by molar-refractivity contribution is 7.06. The fraction of sp³-hybridized carbons (Fsp3) is 0.383. The van der Waals surface area contributed by atoms with E-state index in [0.717, 1.165) is 44.0 Å². The number of nitrogens with one attached hydrogen (secondary N) is 3. The molecule has 2 aromatic heterocycles. The topological polar surface area (TPSA) is 122 Å². The lowest BCUT2D eigenvalue weighted by Gasteiger charge is -2.33. The Labute approximate surface area is 639 Å². The Morgan fingerprint density at radius 3 is 0.971 bits per heavy atom. The van der Waals surface area contributed by atoms with Crippen LogP contribution in [0.3, 0.4) is 0 Å². The van der Waals surface area contributed by atoms with Gasteiger partial charge in [0, 0.05) is 17.0 Å². The summed E-state index contributed by atoms with van der Waals surface area (Å²) in [5.41, 5.74) is 25.1. The van der Waals surface area contributed by atoms with Crippen molar-refractivity contribution in [1.82, 2.24) is 14.6 Å². The predicted octanol–water partition coefficient (Wildman–Crippen LogP) is 28.2. The third-order valence-electron chi connectivity index (χ3n) is 19.7. The summed E-state index contributed by atoms with van der Waals surface area (Å²) in [6, 6.07) is 13.6. The molecule has 104 heavy (non-hydrogen) atoms. The highest BCUT2D eigenvalue weighted by Gasteiger charge is 2.29. The van der Waals surface area contributed by atoms with Gasteiger partial charge in [0.1, 0.15) is 11.5 Å². The molecule has 2 heterocycles. The largest absolute Gasteiger partial charge is 0.506 e. The van der Waals surface area contributed by atoms with E-state index in [4.69, 9.17) is 23.2 Å². The summed E-state index contributed by atoms with van der Waals surface area (Å²) in [7, 11) is 0. The van der Waals surface area contributed by atoms with Crippen molar-refractivity contribution in [2.75, 3.05) is 0 Å². The van der Waals surface area contributed by atoms with Crippen LogP contribution in [-0.4, -0.2) is 24.8 Å². The molecule has 8 rings (SSSR count). The van der Waals surface area contributed by atoms with Gasteiger partial charge in [0.2, 0.25) is 0 Å². The standard InChI is InChI=1S/2C25H31ClO.C22H30N2O.C22H29NOS/c2*1-18(11-13-22-20(3)10-7-15-25(22,4)5)8-6-9-19(2)16-21-12-14-24(27)23(26)17-21;1-16(11-12-20-18(3)10-7-13-22(20,4)5)8-6-9-17(2)14-19-15-21(25)24-23-19;1-16(11-12-20-18(3)10-7-13-22(20,4)5)8-6-9-17(2)14-19-15-21(24)23-25-19/h2*6,8-9,11-14,16-17,27H,7,10,15H2,1-5H3;6,8-9,11-12,14-15H,7,10,13H2,1-5H3,(H2,23,24,25);6,8-9,11-12,14-15H,7,10,13H2,1-5H3,(H,23,24)/b2*9-6+,13-11+,18-8+,19-16+;2*9-6+,12-11+,16-8+,17-14+. The molecule has 0 radical (unpaired) electrons.